The van der Waals surface area contributed by atoms with Crippen LogP contribution in [0.5, 0.6) is 5.88 Å². The number of aryl methyl sites for hydroxylation is 1. The van der Waals surface area contributed by atoms with E-state index in [4.69, 9.17) is 4.74 Å². The minimum Gasteiger partial charge on any atom is -0.481 e. The van der Waals surface area contributed by atoms with Crippen molar-refractivity contribution < 1.29 is 9.53 Å². The topological polar surface area (TPSA) is 81.9 Å². The number of ether oxygens (including phenoxy) is 1. The van der Waals surface area contributed by atoms with E-state index in [2.05, 4.69) is 20.4 Å². The van der Waals surface area contributed by atoms with Crippen molar-refractivity contribution in [3.63, 3.8) is 0 Å². The molecule has 1 N–H and O–H groups in total. The lowest BCUT2D eigenvalue weighted by atomic mass is 10.0. The molecule has 0 bridgehead atoms. The summed E-state index contributed by atoms with van der Waals surface area (Å²) >= 11 is 0. The van der Waals surface area contributed by atoms with E-state index in [1.807, 2.05) is 38.1 Å². The zero-order valence-electron chi connectivity index (χ0n) is 15.7. The third-order valence-corrected chi connectivity index (χ3v) is 4.37. The van der Waals surface area contributed by atoms with Gasteiger partial charge in [0.2, 0.25) is 5.88 Å². The van der Waals surface area contributed by atoms with Crippen LogP contribution < -0.4 is 10.1 Å². The Hall–Kier alpha value is -3.22. The summed E-state index contributed by atoms with van der Waals surface area (Å²) in [6, 6.07) is 11.0. The highest BCUT2D eigenvalue weighted by molar-refractivity contribution is 5.95. The zero-order chi connectivity index (χ0) is 19.2. The Morgan fingerprint density at radius 2 is 2.04 bits per heavy atom. The number of hydrogen-bond acceptors (Lipinski definition) is 5. The van der Waals surface area contributed by atoms with Crippen LogP contribution in [0.4, 0.5) is 0 Å². The molecule has 0 fully saturated rings. The molecule has 0 saturated carbocycles. The minimum atomic E-state index is -0.189. The number of aromatic nitrogens is 4. The second kappa shape index (κ2) is 8.44. The van der Waals surface area contributed by atoms with E-state index in [0.717, 1.165) is 23.4 Å². The van der Waals surface area contributed by atoms with Gasteiger partial charge in [0, 0.05) is 29.9 Å². The molecule has 27 heavy (non-hydrogen) atoms. The van der Waals surface area contributed by atoms with Gasteiger partial charge in [-0.1, -0.05) is 19.1 Å². The first-order valence-electron chi connectivity index (χ1n) is 8.95. The fourth-order valence-electron chi connectivity index (χ4n) is 2.89. The highest BCUT2D eigenvalue weighted by Gasteiger charge is 2.19. The largest absolute Gasteiger partial charge is 0.481 e. The predicted molar refractivity (Wildman–Crippen MR) is 102 cm³/mol. The molecule has 0 unspecified atom stereocenters. The first kappa shape index (κ1) is 18.6. The van der Waals surface area contributed by atoms with Crippen molar-refractivity contribution in [2.24, 2.45) is 0 Å². The molecule has 3 aromatic rings. The van der Waals surface area contributed by atoms with Crippen LogP contribution in [0.1, 0.15) is 42.5 Å². The maximum Gasteiger partial charge on any atom is 0.251 e. The van der Waals surface area contributed by atoms with E-state index in [0.29, 0.717) is 18.0 Å². The maximum atomic E-state index is 12.8. The molecule has 0 radical (unpaired) electrons. The highest BCUT2D eigenvalue weighted by atomic mass is 16.5. The van der Waals surface area contributed by atoms with Crippen LogP contribution in [0.25, 0.3) is 11.1 Å². The molecular formula is C20H23N5O2. The summed E-state index contributed by atoms with van der Waals surface area (Å²) in [5.74, 6) is 1.18. The van der Waals surface area contributed by atoms with Crippen molar-refractivity contribution in [2.75, 3.05) is 7.11 Å². The number of carbonyl (C=O) groups is 1. The summed E-state index contributed by atoms with van der Waals surface area (Å²) < 4.78 is 6.89. The number of benzene rings is 1. The molecule has 140 valence electrons. The third kappa shape index (κ3) is 4.13. The molecular weight excluding hydrogens is 342 g/mol. The molecule has 2 heterocycles. The lowest BCUT2D eigenvalue weighted by Gasteiger charge is -2.17. The number of carbonyl (C=O) groups excluding carboxylic acids is 1. The predicted octanol–water partition coefficient (Wildman–Crippen LogP) is 3.25. The van der Waals surface area contributed by atoms with Gasteiger partial charge in [0.25, 0.3) is 5.91 Å². The number of hydrogen-bond donors (Lipinski definition) is 1. The standard InChI is InChI=1S/C20H23N5O2/c1-4-17(19-22-13-23-25(19)5-2)24-20(26)15-8-6-7-14(11-15)16-9-10-18(27-3)21-12-16/h6-13,17H,4-5H2,1-3H3,(H,24,26)/t17-/m1/s1. The van der Waals surface area contributed by atoms with Gasteiger partial charge in [0.05, 0.1) is 13.2 Å². The fraction of sp³-hybridized carbons (Fsp3) is 0.300. The lowest BCUT2D eigenvalue weighted by molar-refractivity contribution is 0.0932. The monoisotopic (exact) mass is 365 g/mol. The number of rotatable bonds is 7. The highest BCUT2D eigenvalue weighted by Crippen LogP contribution is 2.22. The van der Waals surface area contributed by atoms with Crippen LogP contribution in [-0.4, -0.2) is 32.8 Å². The van der Waals surface area contributed by atoms with Crippen molar-refractivity contribution in [3.8, 4) is 17.0 Å². The molecule has 0 saturated heterocycles. The van der Waals surface area contributed by atoms with Gasteiger partial charge in [-0.05, 0) is 37.1 Å². The van der Waals surface area contributed by atoms with Crippen LogP contribution in [0.2, 0.25) is 0 Å². The van der Waals surface area contributed by atoms with Crippen molar-refractivity contribution in [2.45, 2.75) is 32.9 Å². The maximum absolute atomic E-state index is 12.8. The number of pyridine rings is 1. The number of nitrogens with zero attached hydrogens (tertiary/aromatic N) is 4. The quantitative estimate of drug-likeness (QED) is 0.695. The Morgan fingerprint density at radius 3 is 2.70 bits per heavy atom. The van der Waals surface area contributed by atoms with Crippen molar-refractivity contribution in [3.05, 3.63) is 60.3 Å². The van der Waals surface area contributed by atoms with Gasteiger partial charge >= 0.3 is 0 Å². The van der Waals surface area contributed by atoms with E-state index < -0.39 is 0 Å². The first-order valence-corrected chi connectivity index (χ1v) is 8.95. The molecule has 7 heteroatoms. The molecule has 0 spiro atoms. The second-order valence-electron chi connectivity index (χ2n) is 6.04. The molecule has 1 atom stereocenters. The van der Waals surface area contributed by atoms with Gasteiger partial charge < -0.3 is 10.1 Å². The fourth-order valence-corrected chi connectivity index (χ4v) is 2.89. The van der Waals surface area contributed by atoms with E-state index >= 15 is 0 Å². The van der Waals surface area contributed by atoms with E-state index in [9.17, 15) is 4.79 Å². The molecule has 2 aromatic heterocycles. The normalized spacial score (nSPS) is 11.8. The minimum absolute atomic E-state index is 0.143. The third-order valence-electron chi connectivity index (χ3n) is 4.37. The van der Waals surface area contributed by atoms with Crippen molar-refractivity contribution in [1.82, 2.24) is 25.1 Å². The summed E-state index contributed by atoms with van der Waals surface area (Å²) in [5.41, 5.74) is 2.43. The molecule has 0 aliphatic rings. The van der Waals surface area contributed by atoms with Crippen LogP contribution >= 0.6 is 0 Å². The van der Waals surface area contributed by atoms with Gasteiger partial charge in [-0.3, -0.25) is 4.79 Å². The molecule has 1 amide bonds. The van der Waals surface area contributed by atoms with E-state index in [1.54, 1.807) is 30.1 Å². The molecule has 1 aromatic carbocycles. The van der Waals surface area contributed by atoms with Crippen molar-refractivity contribution >= 4 is 5.91 Å². The Labute approximate surface area is 158 Å². The van der Waals surface area contributed by atoms with Gasteiger partial charge in [-0.2, -0.15) is 5.10 Å². The number of amides is 1. The Bertz CT molecular complexity index is 905. The van der Waals surface area contributed by atoms with Crippen LogP contribution in [0.15, 0.2) is 48.9 Å². The summed E-state index contributed by atoms with van der Waals surface area (Å²) in [5, 5.41) is 7.25. The van der Waals surface area contributed by atoms with Crippen LogP contribution in [0.3, 0.4) is 0 Å². The van der Waals surface area contributed by atoms with E-state index in [-0.39, 0.29) is 11.9 Å². The number of nitrogens with one attached hydrogen (secondary N) is 1. The molecule has 7 nitrogen and oxygen atoms in total. The molecule has 0 aliphatic heterocycles. The SMILES string of the molecule is CC[C@@H](NC(=O)c1cccc(-c2ccc(OC)nc2)c1)c1ncnn1CC. The summed E-state index contributed by atoms with van der Waals surface area (Å²) in [6.45, 7) is 4.72. The zero-order valence-corrected chi connectivity index (χ0v) is 15.7. The number of methoxy groups -OCH3 is 1. The van der Waals surface area contributed by atoms with Crippen LogP contribution in [0, 0.1) is 0 Å². The van der Waals surface area contributed by atoms with Gasteiger partial charge in [0.15, 0.2) is 0 Å². The molecule has 3 rings (SSSR count). The van der Waals surface area contributed by atoms with Crippen LogP contribution in [-0.2, 0) is 6.54 Å². The summed E-state index contributed by atoms with van der Waals surface area (Å²) in [6.07, 6.45) is 3.98. The average Bonchev–Trinajstić information content (AvgIpc) is 3.20. The van der Waals surface area contributed by atoms with Crippen molar-refractivity contribution in [1.29, 1.82) is 0 Å². The smallest absolute Gasteiger partial charge is 0.251 e. The lowest BCUT2D eigenvalue weighted by Crippen LogP contribution is -2.30. The summed E-state index contributed by atoms with van der Waals surface area (Å²) in [7, 11) is 1.58. The average molecular weight is 365 g/mol. The second-order valence-corrected chi connectivity index (χ2v) is 6.04. The van der Waals surface area contributed by atoms with E-state index in [1.165, 1.54) is 6.33 Å². The molecule has 0 aliphatic carbocycles. The van der Waals surface area contributed by atoms with Gasteiger partial charge in [-0.25, -0.2) is 14.6 Å². The summed E-state index contributed by atoms with van der Waals surface area (Å²) in [4.78, 5) is 21.3. The Morgan fingerprint density at radius 1 is 1.19 bits per heavy atom. The Kier molecular flexibility index (Phi) is 5.80. The van der Waals surface area contributed by atoms with Gasteiger partial charge in [-0.15, -0.1) is 0 Å². The Balaban J connectivity index is 1.80. The van der Waals surface area contributed by atoms with Gasteiger partial charge in [0.1, 0.15) is 12.2 Å². The first-order chi connectivity index (χ1) is 13.2.